The van der Waals surface area contributed by atoms with E-state index in [4.69, 9.17) is 4.98 Å². The monoisotopic (exact) mass is 379 g/mol. The molecule has 1 aromatic carbocycles. The molecule has 2 aliphatic heterocycles. The van der Waals surface area contributed by atoms with E-state index in [0.29, 0.717) is 17.8 Å². The highest BCUT2D eigenvalue weighted by Crippen LogP contribution is 2.38. The number of nitrogens with one attached hydrogen (secondary N) is 1. The second-order valence-electron chi connectivity index (χ2n) is 7.74. The number of anilines is 2. The fourth-order valence-electron chi connectivity index (χ4n) is 4.33. The minimum absolute atomic E-state index is 0.0505. The largest absolute Gasteiger partial charge is 0.349 e. The molecule has 2 aromatic heterocycles. The molecule has 0 aliphatic carbocycles. The number of halogens is 1. The second-order valence-corrected chi connectivity index (χ2v) is 7.74. The fraction of sp³-hybridized carbons (Fsp3) is 0.381. The van der Waals surface area contributed by atoms with Crippen molar-refractivity contribution in [2.45, 2.75) is 38.6 Å². The summed E-state index contributed by atoms with van der Waals surface area (Å²) >= 11 is 0. The summed E-state index contributed by atoms with van der Waals surface area (Å²) in [5.74, 6) is 0.387. The normalized spacial score (nSPS) is 22.2. The highest BCUT2D eigenvalue weighted by Gasteiger charge is 2.30. The average Bonchev–Trinajstić information content (AvgIpc) is 3.33. The number of hydrogen-bond donors (Lipinski definition) is 1. The predicted octanol–water partition coefficient (Wildman–Crippen LogP) is 3.73. The molecule has 0 unspecified atom stereocenters. The van der Waals surface area contributed by atoms with Gasteiger partial charge in [-0.2, -0.15) is 5.10 Å². The molecule has 3 aromatic rings. The van der Waals surface area contributed by atoms with Crippen LogP contribution in [0.2, 0.25) is 0 Å². The first-order valence-corrected chi connectivity index (χ1v) is 9.80. The van der Waals surface area contributed by atoms with E-state index < -0.39 is 0 Å². The van der Waals surface area contributed by atoms with Crippen LogP contribution in [0.1, 0.15) is 43.4 Å². The Morgan fingerprint density at radius 1 is 1.25 bits per heavy atom. The maximum Gasteiger partial charge on any atom is 0.227 e. The van der Waals surface area contributed by atoms with Gasteiger partial charge in [-0.15, -0.1) is 0 Å². The molecular weight excluding hydrogens is 357 g/mol. The number of hydrogen-bond acceptors (Lipinski definition) is 4. The maximum atomic E-state index is 14.1. The molecule has 6 nitrogen and oxygen atoms in total. The zero-order valence-corrected chi connectivity index (χ0v) is 15.7. The first-order chi connectivity index (χ1) is 13.6. The van der Waals surface area contributed by atoms with E-state index in [1.54, 1.807) is 16.8 Å². The number of fused-ring (bicyclic) bond motifs is 5. The van der Waals surface area contributed by atoms with Crippen molar-refractivity contribution in [1.29, 1.82) is 0 Å². The molecule has 1 saturated heterocycles. The van der Waals surface area contributed by atoms with E-state index in [1.165, 1.54) is 6.07 Å². The lowest BCUT2D eigenvalue weighted by molar-refractivity contribution is -0.119. The lowest BCUT2D eigenvalue weighted by Crippen LogP contribution is -2.25. The van der Waals surface area contributed by atoms with Gasteiger partial charge in [-0.1, -0.05) is 13.0 Å². The van der Waals surface area contributed by atoms with E-state index in [1.807, 2.05) is 25.3 Å². The number of carbonyl (C=O) groups is 1. The molecule has 144 valence electrons. The highest BCUT2D eigenvalue weighted by molar-refractivity contribution is 5.95. The van der Waals surface area contributed by atoms with Gasteiger partial charge in [0.2, 0.25) is 5.91 Å². The lowest BCUT2D eigenvalue weighted by Gasteiger charge is -2.28. The maximum absolute atomic E-state index is 14.1. The molecule has 0 spiro atoms. The van der Waals surface area contributed by atoms with Crippen molar-refractivity contribution in [3.05, 3.63) is 53.6 Å². The van der Waals surface area contributed by atoms with Crippen molar-refractivity contribution in [3.63, 3.8) is 0 Å². The van der Waals surface area contributed by atoms with Crippen LogP contribution in [0.4, 0.5) is 15.9 Å². The van der Waals surface area contributed by atoms with Gasteiger partial charge in [0.15, 0.2) is 5.65 Å². The van der Waals surface area contributed by atoms with E-state index in [-0.39, 0.29) is 23.7 Å². The molecule has 1 N–H and O–H groups in total. The van der Waals surface area contributed by atoms with Gasteiger partial charge in [0.25, 0.3) is 0 Å². The Hall–Kier alpha value is -2.96. The molecule has 1 amide bonds. The zero-order valence-electron chi connectivity index (χ0n) is 15.7. The van der Waals surface area contributed by atoms with Gasteiger partial charge in [-0.05, 0) is 55.0 Å². The summed E-state index contributed by atoms with van der Waals surface area (Å²) in [6.45, 7) is 2.79. The number of benzene rings is 1. The first-order valence-electron chi connectivity index (χ1n) is 9.80. The van der Waals surface area contributed by atoms with E-state index in [2.05, 4.69) is 15.3 Å². The molecule has 2 aliphatic rings. The first kappa shape index (κ1) is 17.2. The Kier molecular flexibility index (Phi) is 4.03. The number of rotatable bonds is 0. The number of aromatic nitrogens is 3. The molecule has 4 heterocycles. The number of amides is 1. The van der Waals surface area contributed by atoms with Crippen LogP contribution >= 0.6 is 0 Å². The van der Waals surface area contributed by atoms with Gasteiger partial charge < -0.3 is 10.2 Å². The van der Waals surface area contributed by atoms with Crippen molar-refractivity contribution < 1.29 is 9.18 Å². The fourth-order valence-corrected chi connectivity index (χ4v) is 4.33. The van der Waals surface area contributed by atoms with Gasteiger partial charge in [-0.3, -0.25) is 4.79 Å². The van der Waals surface area contributed by atoms with Gasteiger partial charge >= 0.3 is 0 Å². The van der Waals surface area contributed by atoms with Crippen LogP contribution < -0.4 is 10.2 Å². The molecule has 5 rings (SSSR count). The summed E-state index contributed by atoms with van der Waals surface area (Å²) in [5.41, 5.74) is 3.38. The third-order valence-electron chi connectivity index (χ3n) is 5.92. The van der Waals surface area contributed by atoms with Crippen LogP contribution in [0.3, 0.4) is 0 Å². The third kappa shape index (κ3) is 2.82. The Labute approximate surface area is 162 Å². The quantitative estimate of drug-likeness (QED) is 0.646. The summed E-state index contributed by atoms with van der Waals surface area (Å²) < 4.78 is 15.8. The molecule has 2 atom stereocenters. The number of carbonyl (C=O) groups excluding carboxylic acids is 1. The molecule has 28 heavy (non-hydrogen) atoms. The Morgan fingerprint density at radius 2 is 2.14 bits per heavy atom. The van der Waals surface area contributed by atoms with E-state index in [9.17, 15) is 9.18 Å². The zero-order chi connectivity index (χ0) is 19.3. The summed E-state index contributed by atoms with van der Waals surface area (Å²) in [6, 6.07) is 7.07. The summed E-state index contributed by atoms with van der Waals surface area (Å²) in [6.07, 6.45) is 6.94. The van der Waals surface area contributed by atoms with Crippen molar-refractivity contribution in [2.24, 2.45) is 5.92 Å². The minimum atomic E-state index is -0.220. The van der Waals surface area contributed by atoms with Crippen molar-refractivity contribution >= 4 is 23.1 Å². The smallest absolute Gasteiger partial charge is 0.227 e. The van der Waals surface area contributed by atoms with Crippen molar-refractivity contribution in [2.75, 3.05) is 16.8 Å². The van der Waals surface area contributed by atoms with Crippen LogP contribution in [0.15, 0.2) is 36.7 Å². The third-order valence-corrected chi connectivity index (χ3v) is 5.92. The Morgan fingerprint density at radius 3 is 3.04 bits per heavy atom. The van der Waals surface area contributed by atoms with Crippen LogP contribution in [0.25, 0.3) is 5.65 Å². The number of nitrogens with zero attached hydrogens (tertiary/aromatic N) is 4. The molecule has 1 fully saturated rings. The topological polar surface area (TPSA) is 62.5 Å². The lowest BCUT2D eigenvalue weighted by atomic mass is 9.92. The van der Waals surface area contributed by atoms with Crippen LogP contribution in [-0.4, -0.2) is 27.0 Å². The highest BCUT2D eigenvalue weighted by atomic mass is 19.1. The summed E-state index contributed by atoms with van der Waals surface area (Å²) in [5, 5.41) is 7.27. The van der Waals surface area contributed by atoms with Crippen LogP contribution in [-0.2, 0) is 11.2 Å². The molecule has 0 saturated carbocycles. The standard InChI is InChI=1S/C21H22FN5O/c1-13-4-5-14-6-7-15(22)11-16(14)18-3-2-9-26(18)19-8-10-27-20(25-19)17(12-23-27)24-21(13)28/h6-8,10-13,18H,2-5,9H2,1H3,(H,24,28)/t13-,18-/m0/s1. The van der Waals surface area contributed by atoms with Gasteiger partial charge in [0.05, 0.1) is 12.2 Å². The van der Waals surface area contributed by atoms with Crippen molar-refractivity contribution in [3.8, 4) is 0 Å². The Balaban J connectivity index is 1.68. The molecule has 0 radical (unpaired) electrons. The van der Waals surface area contributed by atoms with Crippen LogP contribution in [0, 0.1) is 11.7 Å². The minimum Gasteiger partial charge on any atom is -0.349 e. The SMILES string of the molecule is C[C@H]1CCc2ccc(F)cc2[C@@H]2CCCN2c2ccn3ncc(c3n2)NC1=O. The van der Waals surface area contributed by atoms with E-state index >= 15 is 0 Å². The number of aryl methyl sites for hydroxylation is 1. The van der Waals surface area contributed by atoms with Gasteiger partial charge in [0.1, 0.15) is 17.3 Å². The molecule has 7 heteroatoms. The predicted molar refractivity (Wildman–Crippen MR) is 105 cm³/mol. The van der Waals surface area contributed by atoms with Gasteiger partial charge in [-0.25, -0.2) is 13.9 Å². The summed E-state index contributed by atoms with van der Waals surface area (Å²) in [4.78, 5) is 19.7. The average molecular weight is 379 g/mol. The Bertz CT molecular complexity index is 1060. The van der Waals surface area contributed by atoms with Crippen molar-refractivity contribution in [1.82, 2.24) is 14.6 Å². The second kappa shape index (κ2) is 6.58. The van der Waals surface area contributed by atoms with E-state index in [0.717, 1.165) is 42.8 Å². The molecular formula is C21H22FN5O. The van der Waals surface area contributed by atoms with Gasteiger partial charge in [0, 0.05) is 18.7 Å². The van der Waals surface area contributed by atoms with Crippen LogP contribution in [0.5, 0.6) is 0 Å². The summed E-state index contributed by atoms with van der Waals surface area (Å²) in [7, 11) is 0. The molecule has 2 bridgehead atoms.